The number of nitrogens with one attached hydrogen (secondary N) is 2. The summed E-state index contributed by atoms with van der Waals surface area (Å²) in [5.41, 5.74) is 0. The molecule has 0 saturated heterocycles. The van der Waals surface area contributed by atoms with E-state index in [9.17, 15) is 4.79 Å². The first-order chi connectivity index (χ1) is 7.69. The van der Waals surface area contributed by atoms with Crippen LogP contribution in [-0.2, 0) is 17.9 Å². The zero-order valence-electron chi connectivity index (χ0n) is 10.0. The molecule has 2 N–H and O–H groups in total. The quantitative estimate of drug-likeness (QED) is 0.701. The largest absolute Gasteiger partial charge is 0.349 e. The van der Waals surface area contributed by atoms with Gasteiger partial charge in [-0.25, -0.2) is 0 Å². The summed E-state index contributed by atoms with van der Waals surface area (Å²) < 4.78 is 1.91. The van der Waals surface area contributed by atoms with Crippen LogP contribution in [0.3, 0.4) is 0 Å². The first kappa shape index (κ1) is 12.6. The fraction of sp³-hybridized carbons (Fsp3) is 0.700. The van der Waals surface area contributed by atoms with Crippen LogP contribution in [0.5, 0.6) is 0 Å². The van der Waals surface area contributed by atoms with Gasteiger partial charge in [0.1, 0.15) is 6.33 Å². The molecule has 6 nitrogen and oxygen atoms in total. The zero-order chi connectivity index (χ0) is 12.0. The Morgan fingerprint density at radius 2 is 2.38 bits per heavy atom. The van der Waals surface area contributed by atoms with E-state index in [0.29, 0.717) is 13.1 Å². The van der Waals surface area contributed by atoms with Crippen molar-refractivity contribution in [3.05, 3.63) is 12.2 Å². The predicted octanol–water partition coefficient (Wildman–Crippen LogP) is -0.230. The summed E-state index contributed by atoms with van der Waals surface area (Å²) in [6, 6.07) is 0. The Morgan fingerprint density at radius 1 is 1.62 bits per heavy atom. The molecular weight excluding hydrogens is 206 g/mol. The summed E-state index contributed by atoms with van der Waals surface area (Å²) in [7, 11) is 1.83. The van der Waals surface area contributed by atoms with Crippen LogP contribution in [0.4, 0.5) is 0 Å². The third kappa shape index (κ3) is 3.30. The van der Waals surface area contributed by atoms with Crippen molar-refractivity contribution in [1.29, 1.82) is 0 Å². The summed E-state index contributed by atoms with van der Waals surface area (Å²) in [4.78, 5) is 11.6. The van der Waals surface area contributed by atoms with Gasteiger partial charge in [-0.1, -0.05) is 6.92 Å². The highest BCUT2D eigenvalue weighted by atomic mass is 16.1. The van der Waals surface area contributed by atoms with Crippen molar-refractivity contribution in [3.63, 3.8) is 0 Å². The van der Waals surface area contributed by atoms with Gasteiger partial charge < -0.3 is 15.2 Å². The molecule has 1 aromatic rings. The van der Waals surface area contributed by atoms with Gasteiger partial charge in [0.2, 0.25) is 5.91 Å². The first-order valence-electron chi connectivity index (χ1n) is 5.48. The minimum absolute atomic E-state index is 0.0278. The van der Waals surface area contributed by atoms with Crippen LogP contribution < -0.4 is 10.6 Å². The van der Waals surface area contributed by atoms with Crippen molar-refractivity contribution in [2.45, 2.75) is 26.9 Å². The number of hydrogen-bond acceptors (Lipinski definition) is 4. The number of nitrogens with zero attached hydrogens (tertiary/aromatic N) is 3. The van der Waals surface area contributed by atoms with Gasteiger partial charge in [0.25, 0.3) is 0 Å². The van der Waals surface area contributed by atoms with Crippen molar-refractivity contribution in [2.75, 3.05) is 13.6 Å². The smallest absolute Gasteiger partial charge is 0.224 e. The van der Waals surface area contributed by atoms with Gasteiger partial charge in [0.05, 0.1) is 6.54 Å². The Bertz CT molecular complexity index is 336. The standard InChI is InChI=1S/C10H19N5O/c1-4-15-7-13-14-9(15)6-12-10(16)8(2)5-11-3/h7-8,11H,4-6H2,1-3H3,(H,12,16). The topological polar surface area (TPSA) is 71.8 Å². The van der Waals surface area contributed by atoms with Gasteiger partial charge in [-0.15, -0.1) is 10.2 Å². The molecule has 1 atom stereocenters. The summed E-state index contributed by atoms with van der Waals surface area (Å²) in [6.45, 7) is 5.81. The van der Waals surface area contributed by atoms with Gasteiger partial charge in [-0.2, -0.15) is 0 Å². The number of aromatic nitrogens is 3. The van der Waals surface area contributed by atoms with E-state index in [0.717, 1.165) is 12.4 Å². The summed E-state index contributed by atoms with van der Waals surface area (Å²) in [6.07, 6.45) is 1.67. The molecule has 1 aromatic heterocycles. The molecule has 0 spiro atoms. The SMILES string of the molecule is CCn1cnnc1CNC(=O)C(C)CNC. The van der Waals surface area contributed by atoms with E-state index >= 15 is 0 Å². The molecule has 1 rings (SSSR count). The molecule has 0 aromatic carbocycles. The Labute approximate surface area is 95.4 Å². The van der Waals surface area contributed by atoms with Crippen LogP contribution >= 0.6 is 0 Å². The van der Waals surface area contributed by atoms with E-state index in [1.807, 2.05) is 25.5 Å². The van der Waals surface area contributed by atoms with E-state index in [4.69, 9.17) is 0 Å². The molecule has 90 valence electrons. The molecule has 0 fully saturated rings. The number of amides is 1. The van der Waals surface area contributed by atoms with Gasteiger partial charge in [-0.05, 0) is 14.0 Å². The first-order valence-corrected chi connectivity index (χ1v) is 5.48. The van der Waals surface area contributed by atoms with Crippen molar-refractivity contribution in [3.8, 4) is 0 Å². The molecule has 0 radical (unpaired) electrons. The Hall–Kier alpha value is -1.43. The number of aryl methyl sites for hydroxylation is 1. The van der Waals surface area contributed by atoms with Crippen molar-refractivity contribution >= 4 is 5.91 Å². The molecule has 1 unspecified atom stereocenters. The summed E-state index contributed by atoms with van der Waals surface area (Å²) >= 11 is 0. The van der Waals surface area contributed by atoms with Crippen molar-refractivity contribution in [1.82, 2.24) is 25.4 Å². The number of carbonyl (C=O) groups is 1. The minimum atomic E-state index is -0.0389. The summed E-state index contributed by atoms with van der Waals surface area (Å²) in [5.74, 6) is 0.774. The molecule has 1 amide bonds. The molecule has 0 aliphatic carbocycles. The average molecular weight is 225 g/mol. The second kappa shape index (κ2) is 6.22. The Balaban J connectivity index is 2.42. The minimum Gasteiger partial charge on any atom is -0.349 e. The van der Waals surface area contributed by atoms with Crippen LogP contribution in [0.1, 0.15) is 19.7 Å². The maximum absolute atomic E-state index is 11.6. The van der Waals surface area contributed by atoms with Crippen LogP contribution in [0.15, 0.2) is 6.33 Å². The van der Waals surface area contributed by atoms with E-state index in [-0.39, 0.29) is 11.8 Å². The monoisotopic (exact) mass is 225 g/mol. The number of rotatable bonds is 6. The lowest BCUT2D eigenvalue weighted by molar-refractivity contribution is -0.124. The van der Waals surface area contributed by atoms with Crippen LogP contribution in [-0.4, -0.2) is 34.3 Å². The average Bonchev–Trinajstić information content (AvgIpc) is 2.73. The van der Waals surface area contributed by atoms with Crippen molar-refractivity contribution in [2.24, 2.45) is 5.92 Å². The highest BCUT2D eigenvalue weighted by molar-refractivity contribution is 5.78. The lowest BCUT2D eigenvalue weighted by Crippen LogP contribution is -2.34. The molecule has 1 heterocycles. The second-order valence-electron chi connectivity index (χ2n) is 3.71. The third-order valence-corrected chi connectivity index (χ3v) is 2.42. The van der Waals surface area contributed by atoms with E-state index in [1.54, 1.807) is 6.33 Å². The van der Waals surface area contributed by atoms with Crippen molar-refractivity contribution < 1.29 is 4.79 Å². The fourth-order valence-electron chi connectivity index (χ4n) is 1.42. The van der Waals surface area contributed by atoms with Crippen LogP contribution in [0.25, 0.3) is 0 Å². The van der Waals surface area contributed by atoms with Gasteiger partial charge in [-0.3, -0.25) is 4.79 Å². The Kier molecular flexibility index (Phi) is 4.91. The molecule has 0 bridgehead atoms. The summed E-state index contributed by atoms with van der Waals surface area (Å²) in [5, 5.41) is 13.6. The van der Waals surface area contributed by atoms with E-state index in [1.165, 1.54) is 0 Å². The highest BCUT2D eigenvalue weighted by Gasteiger charge is 2.12. The molecule has 0 aliphatic rings. The maximum atomic E-state index is 11.6. The lowest BCUT2D eigenvalue weighted by Gasteiger charge is -2.11. The molecule has 16 heavy (non-hydrogen) atoms. The molecule has 0 aliphatic heterocycles. The lowest BCUT2D eigenvalue weighted by atomic mass is 10.1. The van der Waals surface area contributed by atoms with Gasteiger partial charge in [0, 0.05) is 19.0 Å². The van der Waals surface area contributed by atoms with Gasteiger partial charge in [0.15, 0.2) is 5.82 Å². The van der Waals surface area contributed by atoms with E-state index < -0.39 is 0 Å². The fourth-order valence-corrected chi connectivity index (χ4v) is 1.42. The molecule has 6 heteroatoms. The molecule has 0 saturated carbocycles. The van der Waals surface area contributed by atoms with Crippen LogP contribution in [0.2, 0.25) is 0 Å². The highest BCUT2D eigenvalue weighted by Crippen LogP contribution is 1.96. The van der Waals surface area contributed by atoms with E-state index in [2.05, 4.69) is 20.8 Å². The normalized spacial score (nSPS) is 12.4. The predicted molar refractivity (Wildman–Crippen MR) is 60.6 cm³/mol. The zero-order valence-corrected chi connectivity index (χ0v) is 10.0. The maximum Gasteiger partial charge on any atom is 0.224 e. The molecular formula is C10H19N5O. The number of hydrogen-bond donors (Lipinski definition) is 2. The second-order valence-corrected chi connectivity index (χ2v) is 3.71. The van der Waals surface area contributed by atoms with Gasteiger partial charge >= 0.3 is 0 Å². The van der Waals surface area contributed by atoms with Crippen LogP contribution in [0, 0.1) is 5.92 Å². The Morgan fingerprint density at radius 3 is 3.00 bits per heavy atom. The third-order valence-electron chi connectivity index (χ3n) is 2.42. The number of carbonyl (C=O) groups excluding carboxylic acids is 1.